The lowest BCUT2D eigenvalue weighted by Gasteiger charge is -2.12. The maximum absolute atomic E-state index is 12.3. The van der Waals surface area contributed by atoms with Crippen LogP contribution >= 0.6 is 0 Å². The molecule has 23 heavy (non-hydrogen) atoms. The smallest absolute Gasteiger partial charge is 0.278 e. The summed E-state index contributed by atoms with van der Waals surface area (Å²) >= 11 is 0. The minimum absolute atomic E-state index is 0.0227. The highest BCUT2D eigenvalue weighted by atomic mass is 32.2. The molecule has 0 spiro atoms. The predicted molar refractivity (Wildman–Crippen MR) is 90.6 cm³/mol. The molecular weight excluding hydrogens is 312 g/mol. The monoisotopic (exact) mass is 332 g/mol. The third kappa shape index (κ3) is 4.72. The molecule has 0 fully saturated rings. The molecular formula is C17H20N2O3S. The molecule has 0 saturated carbocycles. The fourth-order valence-corrected chi connectivity index (χ4v) is 2.65. The maximum Gasteiger partial charge on any atom is 0.278 e. The fraction of sp³-hybridized carbons (Fsp3) is 0.235. The van der Waals surface area contributed by atoms with E-state index in [4.69, 9.17) is 0 Å². The normalized spacial score (nSPS) is 11.6. The molecule has 0 heterocycles. The molecule has 0 saturated heterocycles. The fourth-order valence-electron chi connectivity index (χ4n) is 2.03. The van der Waals surface area contributed by atoms with E-state index in [2.05, 4.69) is 4.72 Å². The number of ketones is 1. The molecule has 2 aromatic carbocycles. The second kappa shape index (κ2) is 7.50. The van der Waals surface area contributed by atoms with Crippen molar-refractivity contribution in [2.75, 3.05) is 20.6 Å². The predicted octanol–water partition coefficient (Wildman–Crippen LogP) is 1.86. The van der Waals surface area contributed by atoms with Gasteiger partial charge in [-0.2, -0.15) is 12.7 Å². The molecule has 0 radical (unpaired) electrons. The first kappa shape index (κ1) is 17.3. The van der Waals surface area contributed by atoms with Crippen molar-refractivity contribution in [2.45, 2.75) is 6.42 Å². The van der Waals surface area contributed by atoms with Crippen LogP contribution in [-0.4, -0.2) is 39.1 Å². The van der Waals surface area contributed by atoms with Crippen LogP contribution in [0.5, 0.6) is 0 Å². The van der Waals surface area contributed by atoms with E-state index >= 15 is 0 Å². The Hall–Kier alpha value is -2.02. The largest absolute Gasteiger partial charge is 0.289 e. The van der Waals surface area contributed by atoms with E-state index in [1.165, 1.54) is 14.1 Å². The summed E-state index contributed by atoms with van der Waals surface area (Å²) in [6, 6.07) is 16.3. The van der Waals surface area contributed by atoms with Crippen molar-refractivity contribution in [1.29, 1.82) is 0 Å². The van der Waals surface area contributed by atoms with Crippen molar-refractivity contribution in [3.05, 3.63) is 71.3 Å². The Bertz CT molecular complexity index is 754. The van der Waals surface area contributed by atoms with Gasteiger partial charge in [0.2, 0.25) is 0 Å². The van der Waals surface area contributed by atoms with Gasteiger partial charge in [-0.25, -0.2) is 4.72 Å². The number of nitrogens with one attached hydrogen (secondary N) is 1. The number of hydrogen-bond donors (Lipinski definition) is 1. The van der Waals surface area contributed by atoms with Crippen molar-refractivity contribution < 1.29 is 13.2 Å². The molecule has 0 aromatic heterocycles. The van der Waals surface area contributed by atoms with Gasteiger partial charge in [0, 0.05) is 31.8 Å². The van der Waals surface area contributed by atoms with Gasteiger partial charge < -0.3 is 0 Å². The van der Waals surface area contributed by atoms with Crippen LogP contribution in [0.3, 0.4) is 0 Å². The molecule has 5 nitrogen and oxygen atoms in total. The Kier molecular flexibility index (Phi) is 5.65. The van der Waals surface area contributed by atoms with E-state index in [0.29, 0.717) is 24.1 Å². The molecule has 2 aromatic rings. The van der Waals surface area contributed by atoms with Crippen LogP contribution in [0.4, 0.5) is 0 Å². The maximum atomic E-state index is 12.3. The first-order chi connectivity index (χ1) is 10.9. The first-order valence-electron chi connectivity index (χ1n) is 7.26. The topological polar surface area (TPSA) is 66.5 Å². The van der Waals surface area contributed by atoms with Crippen molar-refractivity contribution >= 4 is 16.0 Å². The SMILES string of the molecule is CN(C)S(=O)(=O)NCCc1ccc(C(=O)c2ccccc2)cc1. The van der Waals surface area contributed by atoms with Gasteiger partial charge in [0.15, 0.2) is 5.78 Å². The van der Waals surface area contributed by atoms with Gasteiger partial charge in [-0.1, -0.05) is 54.6 Å². The van der Waals surface area contributed by atoms with Crippen LogP contribution in [0.2, 0.25) is 0 Å². The lowest BCUT2D eigenvalue weighted by molar-refractivity contribution is 0.103. The lowest BCUT2D eigenvalue weighted by Crippen LogP contribution is -2.36. The molecule has 0 bridgehead atoms. The summed E-state index contributed by atoms with van der Waals surface area (Å²) in [6.07, 6.45) is 0.562. The molecule has 2 rings (SSSR count). The third-order valence-electron chi connectivity index (χ3n) is 3.43. The van der Waals surface area contributed by atoms with Crippen LogP contribution in [0.1, 0.15) is 21.5 Å². The van der Waals surface area contributed by atoms with Gasteiger partial charge in [-0.15, -0.1) is 0 Å². The number of carbonyl (C=O) groups is 1. The average Bonchev–Trinajstić information content (AvgIpc) is 2.55. The number of nitrogens with zero attached hydrogens (tertiary/aromatic N) is 1. The van der Waals surface area contributed by atoms with Crippen molar-refractivity contribution in [3.8, 4) is 0 Å². The van der Waals surface area contributed by atoms with Crippen LogP contribution in [-0.2, 0) is 16.6 Å². The Morgan fingerprint density at radius 2 is 1.52 bits per heavy atom. The number of benzene rings is 2. The molecule has 1 N–H and O–H groups in total. The molecule has 6 heteroatoms. The van der Waals surface area contributed by atoms with Crippen molar-refractivity contribution in [2.24, 2.45) is 0 Å². The van der Waals surface area contributed by atoms with Crippen LogP contribution in [0.25, 0.3) is 0 Å². The molecule has 0 atom stereocenters. The van der Waals surface area contributed by atoms with Crippen LogP contribution in [0.15, 0.2) is 54.6 Å². The van der Waals surface area contributed by atoms with Gasteiger partial charge >= 0.3 is 0 Å². The molecule has 0 aliphatic heterocycles. The number of rotatable bonds is 7. The van der Waals surface area contributed by atoms with E-state index in [0.717, 1.165) is 9.87 Å². The summed E-state index contributed by atoms with van der Waals surface area (Å²) in [5.41, 5.74) is 2.24. The van der Waals surface area contributed by atoms with E-state index in [9.17, 15) is 13.2 Å². The summed E-state index contributed by atoms with van der Waals surface area (Å²) in [5, 5.41) is 0. The molecule has 0 unspecified atom stereocenters. The first-order valence-corrected chi connectivity index (χ1v) is 8.70. The minimum atomic E-state index is -3.40. The lowest BCUT2D eigenvalue weighted by atomic mass is 10.0. The highest BCUT2D eigenvalue weighted by Crippen LogP contribution is 2.11. The molecule has 122 valence electrons. The summed E-state index contributed by atoms with van der Waals surface area (Å²) in [5.74, 6) is -0.0227. The second-order valence-corrected chi connectivity index (χ2v) is 7.29. The van der Waals surface area contributed by atoms with Crippen LogP contribution in [0, 0.1) is 0 Å². The highest BCUT2D eigenvalue weighted by molar-refractivity contribution is 7.87. The molecule has 0 amide bonds. The van der Waals surface area contributed by atoms with E-state index in [-0.39, 0.29) is 5.78 Å². The number of hydrogen-bond acceptors (Lipinski definition) is 3. The van der Waals surface area contributed by atoms with Gasteiger partial charge in [0.05, 0.1) is 0 Å². The Balaban J connectivity index is 1.96. The van der Waals surface area contributed by atoms with Gasteiger partial charge in [0.1, 0.15) is 0 Å². The van der Waals surface area contributed by atoms with E-state index in [1.807, 2.05) is 30.3 Å². The average molecular weight is 332 g/mol. The van der Waals surface area contributed by atoms with Crippen molar-refractivity contribution in [1.82, 2.24) is 9.03 Å². The standard InChI is InChI=1S/C17H20N2O3S/c1-19(2)23(21,22)18-13-12-14-8-10-16(11-9-14)17(20)15-6-4-3-5-7-15/h3-11,18H,12-13H2,1-2H3. The third-order valence-corrected chi connectivity index (χ3v) is 4.96. The minimum Gasteiger partial charge on any atom is -0.289 e. The Morgan fingerprint density at radius 1 is 0.957 bits per heavy atom. The Labute approximate surface area is 137 Å². The van der Waals surface area contributed by atoms with Gasteiger partial charge in [-0.05, 0) is 12.0 Å². The van der Waals surface area contributed by atoms with E-state index in [1.54, 1.807) is 24.3 Å². The summed E-state index contributed by atoms with van der Waals surface area (Å²) in [7, 11) is -0.440. The summed E-state index contributed by atoms with van der Waals surface area (Å²) in [4.78, 5) is 12.3. The highest BCUT2D eigenvalue weighted by Gasteiger charge is 2.12. The molecule has 0 aliphatic carbocycles. The number of carbonyl (C=O) groups excluding carboxylic acids is 1. The Morgan fingerprint density at radius 3 is 2.09 bits per heavy atom. The van der Waals surface area contributed by atoms with Crippen molar-refractivity contribution in [3.63, 3.8) is 0 Å². The zero-order valence-corrected chi connectivity index (χ0v) is 14.0. The second-order valence-electron chi connectivity index (χ2n) is 5.32. The zero-order valence-electron chi connectivity index (χ0n) is 13.2. The van der Waals surface area contributed by atoms with E-state index < -0.39 is 10.2 Å². The summed E-state index contributed by atoms with van der Waals surface area (Å²) in [6.45, 7) is 0.312. The van der Waals surface area contributed by atoms with Gasteiger partial charge in [0.25, 0.3) is 10.2 Å². The zero-order chi connectivity index (χ0) is 16.9. The molecule has 0 aliphatic rings. The van der Waals surface area contributed by atoms with Gasteiger partial charge in [-0.3, -0.25) is 4.79 Å². The van der Waals surface area contributed by atoms with Crippen LogP contribution < -0.4 is 4.72 Å². The summed E-state index contributed by atoms with van der Waals surface area (Å²) < 4.78 is 26.8. The quantitative estimate of drug-likeness (QED) is 0.787.